The van der Waals surface area contributed by atoms with Crippen molar-refractivity contribution in [2.24, 2.45) is 0 Å². The molecule has 0 saturated heterocycles. The van der Waals surface area contributed by atoms with Crippen LogP contribution in [-0.2, 0) is 0 Å². The van der Waals surface area contributed by atoms with Crippen molar-refractivity contribution in [1.82, 2.24) is 56.8 Å². The third-order valence-electron chi connectivity index (χ3n) is 28.5. The van der Waals surface area contributed by atoms with Crippen LogP contribution in [0.4, 0.5) is 0 Å². The lowest BCUT2D eigenvalue weighted by Crippen LogP contribution is -2.06. The molecule has 0 N–H and O–H groups in total. The third-order valence-corrected chi connectivity index (χ3v) is 29.8. The Morgan fingerprint density at radius 1 is 0.177 bits per heavy atom. The van der Waals surface area contributed by atoms with Crippen LogP contribution in [0.2, 0.25) is 0 Å². The van der Waals surface area contributed by atoms with Gasteiger partial charge in [0.1, 0.15) is 39.3 Å². The molecule has 15 heteroatoms. The summed E-state index contributed by atoms with van der Waals surface area (Å²) >= 11 is 1.88. The van der Waals surface area contributed by atoms with Crippen molar-refractivity contribution >= 4 is 224 Å². The van der Waals surface area contributed by atoms with Gasteiger partial charge in [-0.1, -0.05) is 291 Å². The predicted molar refractivity (Wildman–Crippen MR) is 582 cm³/mol. The Bertz CT molecular complexity index is 10500. The quantitative estimate of drug-likeness (QED) is 0.147. The SMILES string of the molecule is c1ccc(-c2ccc3oc4c(-c5ccc6c(c5)c5ccccc5n6-c5nc6ccccc6c6nc7ccccc7n56)cccc4c3c2)cc1.c1ccc(-c2ccc3sc4c(-c5ccc6c(c5)c5ccccc5n6-c5nc6ccccc6c6nc7ccccc7n56)cccc4c3c2)cc1.c1ccc2c(c1)nc(-n1c3ccccc3c3cc(-c4cccc5c4oc4ccccc45)ccc31)n1c3ccccc3nc21. The molecule has 0 radical (unpaired) electrons. The van der Waals surface area contributed by atoms with Crippen LogP contribution in [0.25, 0.3) is 286 Å². The highest BCUT2D eigenvalue weighted by atomic mass is 32.1. The molecular formula is C126H74N12O2S. The Hall–Kier alpha value is -19.0. The summed E-state index contributed by atoms with van der Waals surface area (Å²) in [5, 5.41) is 17.2. The second kappa shape index (κ2) is 30.8. The Morgan fingerprint density at radius 3 is 0.922 bits per heavy atom. The summed E-state index contributed by atoms with van der Waals surface area (Å²) in [6.45, 7) is 0. The van der Waals surface area contributed by atoms with Gasteiger partial charge >= 0.3 is 0 Å². The largest absolute Gasteiger partial charge is 0.455 e. The molecule has 14 nitrogen and oxygen atoms in total. The summed E-state index contributed by atoms with van der Waals surface area (Å²) in [6.07, 6.45) is 0. The molecule has 0 saturated carbocycles. The summed E-state index contributed by atoms with van der Waals surface area (Å²) < 4.78 is 29.1. The zero-order valence-corrected chi connectivity index (χ0v) is 76.1. The van der Waals surface area contributed by atoms with Crippen LogP contribution in [0.3, 0.4) is 0 Å². The number of imidazole rings is 3. The number of para-hydroxylation sites is 15. The van der Waals surface area contributed by atoms with Crippen molar-refractivity contribution in [3.63, 3.8) is 0 Å². The van der Waals surface area contributed by atoms with Crippen molar-refractivity contribution in [3.8, 4) is 73.5 Å². The normalized spacial score (nSPS) is 12.1. The molecule has 0 bridgehead atoms. The smallest absolute Gasteiger partial charge is 0.221 e. The molecule has 20 aromatic carbocycles. The van der Waals surface area contributed by atoms with Crippen LogP contribution in [-0.4, -0.2) is 56.8 Å². The van der Waals surface area contributed by atoms with E-state index >= 15 is 0 Å². The van der Waals surface area contributed by atoms with E-state index in [4.69, 9.17) is 38.7 Å². The Morgan fingerprint density at radius 2 is 0.482 bits per heavy atom. The molecule has 0 amide bonds. The Balaban J connectivity index is 0.0000000994. The van der Waals surface area contributed by atoms with Crippen LogP contribution >= 0.6 is 11.3 Å². The first-order valence-electron chi connectivity index (χ1n) is 47.5. The van der Waals surface area contributed by atoms with E-state index in [0.717, 1.165) is 216 Å². The molecule has 141 heavy (non-hydrogen) atoms. The molecule has 0 unspecified atom stereocenters. The second-order valence-electron chi connectivity index (χ2n) is 36.3. The van der Waals surface area contributed by atoms with Gasteiger partial charge in [0, 0.05) is 101 Å². The highest BCUT2D eigenvalue weighted by Gasteiger charge is 2.28. The molecule has 32 rings (SSSR count). The van der Waals surface area contributed by atoms with Gasteiger partial charge in [0.2, 0.25) is 17.8 Å². The first-order valence-corrected chi connectivity index (χ1v) is 48.3. The zero-order valence-electron chi connectivity index (χ0n) is 75.3. The van der Waals surface area contributed by atoms with Crippen LogP contribution < -0.4 is 0 Å². The summed E-state index contributed by atoms with van der Waals surface area (Å²) in [5.74, 6) is 2.47. The molecule has 0 aliphatic heterocycles. The van der Waals surface area contributed by atoms with Crippen molar-refractivity contribution in [1.29, 1.82) is 0 Å². The van der Waals surface area contributed by atoms with Gasteiger partial charge in [0.05, 0.1) is 82.8 Å². The monoisotopic (exact) mass is 1820 g/mol. The maximum Gasteiger partial charge on any atom is 0.221 e. The Labute approximate surface area is 805 Å². The van der Waals surface area contributed by atoms with Crippen LogP contribution in [0, 0.1) is 0 Å². The lowest BCUT2D eigenvalue weighted by molar-refractivity contribution is 0.669. The average molecular weight is 1820 g/mol. The van der Waals surface area contributed by atoms with E-state index in [0.29, 0.717) is 0 Å². The molecule has 0 atom stereocenters. The molecule has 0 aliphatic carbocycles. The number of hydrogen-bond donors (Lipinski definition) is 0. The number of furan rings is 2. The number of fused-ring (bicyclic) bond motifs is 33. The van der Waals surface area contributed by atoms with Crippen molar-refractivity contribution < 1.29 is 8.83 Å². The molecule has 0 fully saturated rings. The lowest BCUT2D eigenvalue weighted by Gasteiger charge is -2.12. The maximum atomic E-state index is 6.60. The fourth-order valence-electron chi connectivity index (χ4n) is 22.1. The van der Waals surface area contributed by atoms with Gasteiger partial charge in [-0.2, -0.15) is 0 Å². The van der Waals surface area contributed by atoms with E-state index in [1.807, 2.05) is 72.0 Å². The van der Waals surface area contributed by atoms with E-state index < -0.39 is 0 Å². The fraction of sp³-hybridized carbons (Fsp3) is 0. The minimum Gasteiger partial charge on any atom is -0.455 e. The van der Waals surface area contributed by atoms with Crippen LogP contribution in [0.15, 0.2) is 458 Å². The maximum absolute atomic E-state index is 6.60. The van der Waals surface area contributed by atoms with Gasteiger partial charge in [-0.25, -0.2) is 29.9 Å². The summed E-state index contributed by atoms with van der Waals surface area (Å²) in [7, 11) is 0. The lowest BCUT2D eigenvalue weighted by atomic mass is 9.99. The molecule has 12 heterocycles. The summed E-state index contributed by atoms with van der Waals surface area (Å²) in [6, 6.07) is 158. The summed E-state index contributed by atoms with van der Waals surface area (Å²) in [4.78, 5) is 31.2. The Kier molecular flexibility index (Phi) is 17.1. The van der Waals surface area contributed by atoms with Crippen LogP contribution in [0.1, 0.15) is 0 Å². The minimum atomic E-state index is 0.815. The third kappa shape index (κ3) is 12.0. The minimum absolute atomic E-state index is 0.815. The van der Waals surface area contributed by atoms with Gasteiger partial charge in [0.25, 0.3) is 0 Å². The first-order chi connectivity index (χ1) is 69.9. The number of thiophene rings is 1. The van der Waals surface area contributed by atoms with Gasteiger partial charge < -0.3 is 8.83 Å². The van der Waals surface area contributed by atoms with Gasteiger partial charge in [-0.3, -0.25) is 26.9 Å². The standard InChI is InChI=1S/C44H26N4O.C44H26N4S.C38H22N4O/c2*1-2-11-27(12-3-1)28-22-24-41-35(25-28)32-16-10-15-30(42(32)49-41)29-21-23-39-34(26-29)31-13-5-8-19-38(31)47(39)44-46-36-17-6-4-14-33(36)43-45-37-18-7-9-20-40(37)48(43)44;1-4-15-30-28(12-1)37-39-31-16-5-7-18-34(31)42(37)38(40-30)41-32-17-6-2-10-25(32)29-22-23(20-21-33(29)41)24-13-9-14-27-26-11-3-8-19-35(26)43-36(24)27/h2*1-26H;1-22H. The van der Waals surface area contributed by atoms with Crippen molar-refractivity contribution in [2.75, 3.05) is 0 Å². The van der Waals surface area contributed by atoms with Crippen molar-refractivity contribution in [3.05, 3.63) is 449 Å². The average Bonchev–Trinajstić information content (AvgIpc) is 1.56. The van der Waals surface area contributed by atoms with Gasteiger partial charge in [-0.05, 0) is 202 Å². The number of nitrogens with zero attached hydrogens (tertiary/aromatic N) is 12. The highest BCUT2D eigenvalue weighted by molar-refractivity contribution is 7.26. The number of hydrogen-bond acceptors (Lipinski definition) is 9. The number of aromatic nitrogens is 12. The number of rotatable bonds is 8. The molecular weight excluding hydrogens is 1750 g/mol. The molecule has 0 aliphatic rings. The highest BCUT2D eigenvalue weighted by Crippen LogP contribution is 2.48. The van der Waals surface area contributed by atoms with E-state index in [1.165, 1.54) is 69.7 Å². The van der Waals surface area contributed by atoms with E-state index in [9.17, 15) is 0 Å². The molecule has 656 valence electrons. The zero-order chi connectivity index (χ0) is 92.2. The predicted octanol–water partition coefficient (Wildman–Crippen LogP) is 32.9. The molecule has 32 aromatic rings. The fourth-order valence-corrected chi connectivity index (χ4v) is 23.4. The van der Waals surface area contributed by atoms with E-state index in [2.05, 4.69) is 415 Å². The second-order valence-corrected chi connectivity index (χ2v) is 37.4. The van der Waals surface area contributed by atoms with Gasteiger partial charge in [-0.15, -0.1) is 11.3 Å². The van der Waals surface area contributed by atoms with Crippen LogP contribution in [0.5, 0.6) is 0 Å². The van der Waals surface area contributed by atoms with E-state index in [-0.39, 0.29) is 0 Å². The number of benzene rings is 20. The first kappa shape index (κ1) is 78.4. The topological polar surface area (TPSA) is 132 Å². The van der Waals surface area contributed by atoms with Crippen molar-refractivity contribution in [2.45, 2.75) is 0 Å². The summed E-state index contributed by atoms with van der Waals surface area (Å²) in [5.41, 5.74) is 33.3. The molecule has 0 spiro atoms. The van der Waals surface area contributed by atoms with Gasteiger partial charge in [0.15, 0.2) is 0 Å². The molecule has 12 aromatic heterocycles. The van der Waals surface area contributed by atoms with E-state index in [1.54, 1.807) is 0 Å².